The number of nitrogens with zero attached hydrogens (tertiary/aromatic N) is 1. The van der Waals surface area contributed by atoms with Crippen molar-refractivity contribution in [3.8, 4) is 0 Å². The molecule has 5 nitrogen and oxygen atoms in total. The molecule has 0 unspecified atom stereocenters. The number of amides is 1. The minimum Gasteiger partial charge on any atom is -0.399 e. The molecule has 0 spiro atoms. The monoisotopic (exact) mass is 216 g/mol. The van der Waals surface area contributed by atoms with E-state index in [1.165, 1.54) is 6.20 Å². The van der Waals surface area contributed by atoms with Crippen LogP contribution in [0.25, 0.3) is 0 Å². The first-order valence-corrected chi connectivity index (χ1v) is 4.82. The lowest BCUT2D eigenvalue weighted by Gasteiger charge is -2.04. The van der Waals surface area contributed by atoms with Gasteiger partial charge >= 0.3 is 0 Å². The molecule has 0 saturated heterocycles. The molecule has 0 radical (unpaired) electrons. The van der Waals surface area contributed by atoms with E-state index in [4.69, 9.17) is 5.73 Å². The van der Waals surface area contributed by atoms with E-state index in [2.05, 4.69) is 15.5 Å². The fourth-order valence-corrected chi connectivity index (χ4v) is 1.47. The summed E-state index contributed by atoms with van der Waals surface area (Å²) in [6, 6.07) is 5.24. The highest BCUT2D eigenvalue weighted by Gasteiger charge is 2.07. The highest BCUT2D eigenvalue weighted by molar-refractivity contribution is 6.04. The summed E-state index contributed by atoms with van der Waals surface area (Å²) >= 11 is 0. The lowest BCUT2D eigenvalue weighted by molar-refractivity contribution is 0.102. The lowest BCUT2D eigenvalue weighted by Crippen LogP contribution is -2.11. The number of carbonyl (C=O) groups excluding carboxylic acids is 1. The van der Waals surface area contributed by atoms with Gasteiger partial charge in [-0.05, 0) is 30.7 Å². The van der Waals surface area contributed by atoms with E-state index in [1.54, 1.807) is 18.3 Å². The second kappa shape index (κ2) is 4.06. The van der Waals surface area contributed by atoms with Crippen molar-refractivity contribution >= 4 is 17.3 Å². The number of nitrogens with one attached hydrogen (secondary N) is 2. The predicted octanol–water partition coefficient (Wildman–Crippen LogP) is 1.55. The Labute approximate surface area is 92.7 Å². The maximum absolute atomic E-state index is 11.8. The molecule has 1 heterocycles. The van der Waals surface area contributed by atoms with Crippen molar-refractivity contribution in [2.45, 2.75) is 6.92 Å². The maximum atomic E-state index is 11.8. The summed E-state index contributed by atoms with van der Waals surface area (Å²) in [5.74, 6) is -0.197. The average Bonchev–Trinajstić information content (AvgIpc) is 2.68. The minimum atomic E-state index is -0.197. The second-order valence-corrected chi connectivity index (χ2v) is 3.57. The van der Waals surface area contributed by atoms with Crippen LogP contribution in [0.3, 0.4) is 0 Å². The molecule has 0 aliphatic heterocycles. The second-order valence-electron chi connectivity index (χ2n) is 3.57. The summed E-state index contributed by atoms with van der Waals surface area (Å²) in [4.78, 5) is 11.8. The first-order chi connectivity index (χ1) is 7.65. The van der Waals surface area contributed by atoms with Crippen molar-refractivity contribution in [2.75, 3.05) is 11.1 Å². The molecule has 1 aromatic carbocycles. The zero-order chi connectivity index (χ0) is 11.5. The van der Waals surface area contributed by atoms with E-state index in [-0.39, 0.29) is 5.91 Å². The van der Waals surface area contributed by atoms with Gasteiger partial charge in [-0.2, -0.15) is 5.10 Å². The molecular weight excluding hydrogens is 204 g/mol. The van der Waals surface area contributed by atoms with Gasteiger partial charge in [0, 0.05) is 17.4 Å². The molecule has 0 atom stereocenters. The molecule has 1 aromatic heterocycles. The Balaban J connectivity index is 2.21. The van der Waals surface area contributed by atoms with Crippen LogP contribution in [0.5, 0.6) is 0 Å². The van der Waals surface area contributed by atoms with Crippen LogP contribution in [-0.4, -0.2) is 16.1 Å². The molecule has 4 N–H and O–H groups in total. The molecule has 0 aliphatic rings. The van der Waals surface area contributed by atoms with Gasteiger partial charge in [-0.25, -0.2) is 0 Å². The number of aromatic amines is 1. The Kier molecular flexibility index (Phi) is 2.59. The molecule has 1 amide bonds. The standard InChI is InChI=1S/C11H12N4O/c1-7-2-8(4-9(12)3-7)11(16)15-10-5-13-14-6-10/h2-6H,12H2,1H3,(H,13,14)(H,15,16). The zero-order valence-electron chi connectivity index (χ0n) is 8.82. The first kappa shape index (κ1) is 10.2. The van der Waals surface area contributed by atoms with Crippen LogP contribution in [0.15, 0.2) is 30.6 Å². The van der Waals surface area contributed by atoms with Crippen molar-refractivity contribution in [1.29, 1.82) is 0 Å². The van der Waals surface area contributed by atoms with E-state index in [0.717, 1.165) is 5.56 Å². The molecule has 0 bridgehead atoms. The van der Waals surface area contributed by atoms with Gasteiger partial charge in [-0.15, -0.1) is 0 Å². The number of carbonyl (C=O) groups is 1. The van der Waals surface area contributed by atoms with Crippen LogP contribution in [-0.2, 0) is 0 Å². The van der Waals surface area contributed by atoms with Crippen LogP contribution in [0.2, 0.25) is 0 Å². The van der Waals surface area contributed by atoms with Gasteiger partial charge in [0.2, 0.25) is 0 Å². The van der Waals surface area contributed by atoms with Crippen molar-refractivity contribution in [2.24, 2.45) is 0 Å². The number of aryl methyl sites for hydroxylation is 1. The number of aromatic nitrogens is 2. The summed E-state index contributed by atoms with van der Waals surface area (Å²) in [5.41, 5.74) is 8.38. The van der Waals surface area contributed by atoms with Crippen LogP contribution in [0.1, 0.15) is 15.9 Å². The summed E-state index contributed by atoms with van der Waals surface area (Å²) in [6.07, 6.45) is 3.15. The number of H-pyrrole nitrogens is 1. The Hall–Kier alpha value is -2.30. The van der Waals surface area contributed by atoms with E-state index < -0.39 is 0 Å². The lowest BCUT2D eigenvalue weighted by atomic mass is 10.1. The van der Waals surface area contributed by atoms with E-state index in [9.17, 15) is 4.79 Å². The smallest absolute Gasteiger partial charge is 0.255 e. The number of rotatable bonds is 2. The zero-order valence-corrected chi connectivity index (χ0v) is 8.82. The first-order valence-electron chi connectivity index (χ1n) is 4.82. The maximum Gasteiger partial charge on any atom is 0.255 e. The molecule has 5 heteroatoms. The molecule has 2 aromatic rings. The minimum absolute atomic E-state index is 0.197. The Morgan fingerprint density at radius 2 is 2.25 bits per heavy atom. The van der Waals surface area contributed by atoms with Crippen molar-refractivity contribution in [3.63, 3.8) is 0 Å². The van der Waals surface area contributed by atoms with Gasteiger partial charge in [0.15, 0.2) is 0 Å². The van der Waals surface area contributed by atoms with Crippen LogP contribution < -0.4 is 11.1 Å². The summed E-state index contributed by atoms with van der Waals surface area (Å²) < 4.78 is 0. The number of hydrogen-bond acceptors (Lipinski definition) is 3. The van der Waals surface area contributed by atoms with Gasteiger partial charge in [0.25, 0.3) is 5.91 Å². The third-order valence-corrected chi connectivity index (χ3v) is 2.12. The summed E-state index contributed by atoms with van der Waals surface area (Å²) in [5, 5.41) is 9.06. The van der Waals surface area contributed by atoms with Gasteiger partial charge in [-0.1, -0.05) is 0 Å². The number of anilines is 2. The Morgan fingerprint density at radius 3 is 2.88 bits per heavy atom. The van der Waals surface area contributed by atoms with Crippen molar-refractivity contribution < 1.29 is 4.79 Å². The molecule has 0 aliphatic carbocycles. The molecular formula is C11H12N4O. The van der Waals surface area contributed by atoms with Gasteiger partial charge < -0.3 is 11.1 Å². The average molecular weight is 216 g/mol. The van der Waals surface area contributed by atoms with Crippen LogP contribution in [0, 0.1) is 6.92 Å². The highest BCUT2D eigenvalue weighted by Crippen LogP contribution is 2.13. The molecule has 0 fully saturated rings. The Morgan fingerprint density at radius 1 is 1.44 bits per heavy atom. The molecule has 82 valence electrons. The van der Waals surface area contributed by atoms with Crippen molar-refractivity contribution in [1.82, 2.24) is 10.2 Å². The number of hydrogen-bond donors (Lipinski definition) is 3. The van der Waals surface area contributed by atoms with Crippen molar-refractivity contribution in [3.05, 3.63) is 41.7 Å². The summed E-state index contributed by atoms with van der Waals surface area (Å²) in [6.45, 7) is 1.89. The highest BCUT2D eigenvalue weighted by atomic mass is 16.1. The predicted molar refractivity (Wildman–Crippen MR) is 62.1 cm³/mol. The molecule has 0 saturated carbocycles. The van der Waals surface area contributed by atoms with E-state index in [0.29, 0.717) is 16.9 Å². The largest absolute Gasteiger partial charge is 0.399 e. The molecule has 2 rings (SSSR count). The fraction of sp³-hybridized carbons (Fsp3) is 0.0909. The quantitative estimate of drug-likeness (QED) is 0.666. The third kappa shape index (κ3) is 2.20. The van der Waals surface area contributed by atoms with E-state index in [1.807, 2.05) is 13.0 Å². The fourth-order valence-electron chi connectivity index (χ4n) is 1.47. The third-order valence-electron chi connectivity index (χ3n) is 2.12. The SMILES string of the molecule is Cc1cc(N)cc(C(=O)Nc2cn[nH]c2)c1. The Bertz CT molecular complexity index is 484. The normalized spacial score (nSPS) is 10.1. The summed E-state index contributed by atoms with van der Waals surface area (Å²) in [7, 11) is 0. The van der Waals surface area contributed by atoms with Gasteiger partial charge in [0.05, 0.1) is 11.9 Å². The number of nitrogens with two attached hydrogens (primary N) is 1. The van der Waals surface area contributed by atoms with Crippen LogP contribution >= 0.6 is 0 Å². The van der Waals surface area contributed by atoms with E-state index >= 15 is 0 Å². The van der Waals surface area contributed by atoms with Gasteiger partial charge in [-0.3, -0.25) is 9.89 Å². The molecule has 16 heavy (non-hydrogen) atoms. The number of nitrogen functional groups attached to an aromatic ring is 1. The van der Waals surface area contributed by atoms with Gasteiger partial charge in [0.1, 0.15) is 0 Å². The topological polar surface area (TPSA) is 83.8 Å². The van der Waals surface area contributed by atoms with Crippen LogP contribution in [0.4, 0.5) is 11.4 Å². The number of benzene rings is 1.